The number of nitrogens with two attached hydrogens (primary N) is 1. The van der Waals surface area contributed by atoms with Gasteiger partial charge in [-0.3, -0.25) is 4.79 Å². The first kappa shape index (κ1) is 21.9. The SMILES string of the molecule is CC.CCCc1nc(C(=O)N2CCc3cccc(Br)c3C2)c(N)nc1-n1nccn1. The summed E-state index contributed by atoms with van der Waals surface area (Å²) in [5.74, 6) is 0.353. The quantitative estimate of drug-likeness (QED) is 0.623. The zero-order chi connectivity index (χ0) is 21.7. The molecule has 8 nitrogen and oxygen atoms in total. The van der Waals surface area contributed by atoms with Crippen molar-refractivity contribution in [1.29, 1.82) is 0 Å². The number of carbonyl (C=O) groups excluding carboxylic acids is 1. The van der Waals surface area contributed by atoms with Crippen molar-refractivity contribution in [3.05, 3.63) is 57.6 Å². The van der Waals surface area contributed by atoms with Crippen LogP contribution in [0.4, 0.5) is 5.82 Å². The van der Waals surface area contributed by atoms with Gasteiger partial charge in [-0.25, -0.2) is 9.97 Å². The fourth-order valence-corrected chi connectivity index (χ4v) is 3.92. The number of anilines is 1. The molecule has 0 saturated carbocycles. The molecule has 1 aliphatic rings. The highest BCUT2D eigenvalue weighted by Gasteiger charge is 2.27. The van der Waals surface area contributed by atoms with Crippen LogP contribution < -0.4 is 5.73 Å². The first-order chi connectivity index (χ1) is 14.6. The molecule has 30 heavy (non-hydrogen) atoms. The number of hydrogen-bond donors (Lipinski definition) is 1. The molecule has 9 heteroatoms. The maximum absolute atomic E-state index is 13.2. The van der Waals surface area contributed by atoms with Gasteiger partial charge in [-0.2, -0.15) is 10.2 Å². The van der Waals surface area contributed by atoms with E-state index in [2.05, 4.69) is 42.2 Å². The van der Waals surface area contributed by atoms with Gasteiger partial charge in [0.1, 0.15) is 0 Å². The van der Waals surface area contributed by atoms with E-state index in [0.717, 1.165) is 22.9 Å². The van der Waals surface area contributed by atoms with E-state index in [-0.39, 0.29) is 17.4 Å². The number of rotatable bonds is 4. The Balaban J connectivity index is 0.00000124. The number of hydrogen-bond acceptors (Lipinski definition) is 6. The molecule has 1 aromatic carbocycles. The molecule has 0 saturated heterocycles. The van der Waals surface area contributed by atoms with Crippen molar-refractivity contribution in [2.24, 2.45) is 0 Å². The number of halogens is 1. The first-order valence-electron chi connectivity index (χ1n) is 10.2. The summed E-state index contributed by atoms with van der Waals surface area (Å²) in [4.78, 5) is 25.3. The van der Waals surface area contributed by atoms with Crippen LogP contribution in [0.3, 0.4) is 0 Å². The molecule has 2 aromatic heterocycles. The molecule has 3 heterocycles. The van der Waals surface area contributed by atoms with Gasteiger partial charge in [-0.15, -0.1) is 4.80 Å². The van der Waals surface area contributed by atoms with E-state index in [1.165, 1.54) is 10.4 Å². The van der Waals surface area contributed by atoms with Gasteiger partial charge in [-0.05, 0) is 30.0 Å². The van der Waals surface area contributed by atoms with Crippen LogP contribution in [0.5, 0.6) is 0 Å². The number of nitrogens with zero attached hydrogens (tertiary/aromatic N) is 6. The van der Waals surface area contributed by atoms with Crippen LogP contribution in [0.25, 0.3) is 5.82 Å². The highest BCUT2D eigenvalue weighted by Crippen LogP contribution is 2.28. The number of aryl methyl sites for hydroxylation is 1. The van der Waals surface area contributed by atoms with Crippen LogP contribution in [0, 0.1) is 0 Å². The summed E-state index contributed by atoms with van der Waals surface area (Å²) in [6.07, 6.45) is 5.43. The van der Waals surface area contributed by atoms with E-state index < -0.39 is 0 Å². The molecule has 0 bridgehead atoms. The van der Waals surface area contributed by atoms with Crippen molar-refractivity contribution in [2.75, 3.05) is 12.3 Å². The van der Waals surface area contributed by atoms with Gasteiger partial charge in [0, 0.05) is 17.6 Å². The first-order valence-corrected chi connectivity index (χ1v) is 11.0. The largest absolute Gasteiger partial charge is 0.382 e. The average molecular weight is 472 g/mol. The molecule has 4 rings (SSSR count). The van der Waals surface area contributed by atoms with Gasteiger partial charge in [-0.1, -0.05) is 55.3 Å². The van der Waals surface area contributed by atoms with E-state index in [4.69, 9.17) is 5.73 Å². The summed E-state index contributed by atoms with van der Waals surface area (Å²) in [7, 11) is 0. The summed E-state index contributed by atoms with van der Waals surface area (Å²) in [6.45, 7) is 7.18. The molecule has 1 aliphatic heterocycles. The van der Waals surface area contributed by atoms with Gasteiger partial charge in [0.05, 0.1) is 18.1 Å². The number of benzene rings is 1. The summed E-state index contributed by atoms with van der Waals surface area (Å²) in [6, 6.07) is 6.11. The van der Waals surface area contributed by atoms with Crippen molar-refractivity contribution >= 4 is 27.7 Å². The van der Waals surface area contributed by atoms with Gasteiger partial charge in [0.15, 0.2) is 17.3 Å². The number of nitrogen functional groups attached to an aromatic ring is 1. The molecule has 0 unspecified atom stereocenters. The van der Waals surface area contributed by atoms with Crippen molar-refractivity contribution in [2.45, 2.75) is 46.6 Å². The van der Waals surface area contributed by atoms with E-state index in [9.17, 15) is 4.79 Å². The smallest absolute Gasteiger partial charge is 0.276 e. The summed E-state index contributed by atoms with van der Waals surface area (Å²) < 4.78 is 1.01. The lowest BCUT2D eigenvalue weighted by atomic mass is 9.99. The molecule has 158 valence electrons. The third kappa shape index (κ3) is 4.35. The molecule has 0 aliphatic carbocycles. The molecule has 1 amide bonds. The van der Waals surface area contributed by atoms with Gasteiger partial charge in [0.25, 0.3) is 5.91 Å². The maximum atomic E-state index is 13.2. The minimum Gasteiger partial charge on any atom is -0.382 e. The van der Waals surface area contributed by atoms with Crippen molar-refractivity contribution in [1.82, 2.24) is 29.9 Å². The predicted octanol–water partition coefficient (Wildman–Crippen LogP) is 3.58. The lowest BCUT2D eigenvalue weighted by Gasteiger charge is -2.29. The summed E-state index contributed by atoms with van der Waals surface area (Å²) >= 11 is 3.59. The summed E-state index contributed by atoms with van der Waals surface area (Å²) in [5.41, 5.74) is 9.36. The van der Waals surface area contributed by atoms with E-state index in [1.807, 2.05) is 32.9 Å². The van der Waals surface area contributed by atoms with Crippen molar-refractivity contribution < 1.29 is 4.79 Å². The average Bonchev–Trinajstić information content (AvgIpc) is 3.31. The normalized spacial score (nSPS) is 12.7. The van der Waals surface area contributed by atoms with E-state index >= 15 is 0 Å². The van der Waals surface area contributed by atoms with Crippen LogP contribution in [-0.2, 0) is 19.4 Å². The fraction of sp³-hybridized carbons (Fsp3) is 0.381. The van der Waals surface area contributed by atoms with E-state index in [0.29, 0.717) is 31.0 Å². The van der Waals surface area contributed by atoms with Crippen LogP contribution in [-0.4, -0.2) is 42.3 Å². The van der Waals surface area contributed by atoms with Crippen LogP contribution in [0.2, 0.25) is 0 Å². The molecule has 2 N–H and O–H groups in total. The minimum absolute atomic E-state index is 0.0927. The Morgan fingerprint density at radius 1 is 1.20 bits per heavy atom. The predicted molar refractivity (Wildman–Crippen MR) is 119 cm³/mol. The molecule has 0 atom stereocenters. The zero-order valence-corrected chi connectivity index (χ0v) is 19.1. The zero-order valence-electron chi connectivity index (χ0n) is 17.5. The van der Waals surface area contributed by atoms with Crippen molar-refractivity contribution in [3.63, 3.8) is 0 Å². The van der Waals surface area contributed by atoms with E-state index in [1.54, 1.807) is 17.3 Å². The Hall–Kier alpha value is -2.81. The highest BCUT2D eigenvalue weighted by atomic mass is 79.9. The van der Waals surface area contributed by atoms with Gasteiger partial charge >= 0.3 is 0 Å². The Bertz CT molecular complexity index is 1020. The second-order valence-corrected chi connectivity index (χ2v) is 7.50. The maximum Gasteiger partial charge on any atom is 0.276 e. The third-order valence-electron chi connectivity index (χ3n) is 4.77. The fourth-order valence-electron chi connectivity index (χ4n) is 3.38. The number of amides is 1. The van der Waals surface area contributed by atoms with Crippen LogP contribution in [0.1, 0.15) is 54.5 Å². The minimum atomic E-state index is -0.205. The summed E-state index contributed by atoms with van der Waals surface area (Å²) in [5, 5.41) is 8.23. The highest BCUT2D eigenvalue weighted by molar-refractivity contribution is 9.10. The molecule has 0 spiro atoms. The van der Waals surface area contributed by atoms with Crippen LogP contribution >= 0.6 is 15.9 Å². The van der Waals surface area contributed by atoms with Gasteiger partial charge in [0.2, 0.25) is 0 Å². The molecule has 3 aromatic rings. The second kappa shape index (κ2) is 9.80. The monoisotopic (exact) mass is 471 g/mol. The Kier molecular flexibility index (Phi) is 7.15. The topological polar surface area (TPSA) is 103 Å². The van der Waals surface area contributed by atoms with Crippen LogP contribution in [0.15, 0.2) is 35.1 Å². The van der Waals surface area contributed by atoms with Crippen molar-refractivity contribution in [3.8, 4) is 5.82 Å². The van der Waals surface area contributed by atoms with Gasteiger partial charge < -0.3 is 10.6 Å². The molecule has 0 fully saturated rings. The molecular formula is C21H26BrN7O. The Morgan fingerprint density at radius 3 is 2.63 bits per heavy atom. The lowest BCUT2D eigenvalue weighted by Crippen LogP contribution is -2.37. The number of fused-ring (bicyclic) bond motifs is 1. The molecule has 0 radical (unpaired) electrons. The molecular weight excluding hydrogens is 446 g/mol. The number of carbonyl (C=O) groups is 1. The number of aromatic nitrogens is 5. The second-order valence-electron chi connectivity index (χ2n) is 6.65. The Labute approximate surface area is 184 Å². The third-order valence-corrected chi connectivity index (χ3v) is 5.52. The standard InChI is InChI=1S/C19H20BrN7O.C2H6/c1-2-4-15-18(27-22-8-9-23-27)25-17(21)16(24-15)19(28)26-10-7-12-5-3-6-14(20)13(12)11-26;1-2/h3,5-6,8-9H,2,4,7,10-11H2,1H3,(H2,21,25);1-2H3. The Morgan fingerprint density at radius 2 is 1.93 bits per heavy atom. The lowest BCUT2D eigenvalue weighted by molar-refractivity contribution is 0.0728.